The van der Waals surface area contributed by atoms with Crippen LogP contribution in [0.1, 0.15) is 44.6 Å². The van der Waals surface area contributed by atoms with E-state index in [1.165, 1.54) is 37.7 Å². The molecule has 2 unspecified atom stereocenters. The summed E-state index contributed by atoms with van der Waals surface area (Å²) in [6, 6.07) is 4.66. The molecule has 0 bridgehead atoms. The predicted octanol–water partition coefficient (Wildman–Crippen LogP) is 4.52. The molecule has 0 radical (unpaired) electrons. The highest BCUT2D eigenvalue weighted by atomic mass is 79.9. The minimum absolute atomic E-state index is 0.634. The van der Waals surface area contributed by atoms with E-state index in [-0.39, 0.29) is 0 Å². The van der Waals surface area contributed by atoms with Gasteiger partial charge in [-0.25, -0.2) is 0 Å². The van der Waals surface area contributed by atoms with Crippen LogP contribution in [-0.2, 0) is 6.54 Å². The van der Waals surface area contributed by atoms with Gasteiger partial charge in [0.25, 0.3) is 0 Å². The molecular formula is C17H26BrNO2. The highest BCUT2D eigenvalue weighted by molar-refractivity contribution is 9.10. The third kappa shape index (κ3) is 4.62. The van der Waals surface area contributed by atoms with Crippen LogP contribution in [0.4, 0.5) is 0 Å². The van der Waals surface area contributed by atoms with E-state index < -0.39 is 0 Å². The van der Waals surface area contributed by atoms with Gasteiger partial charge < -0.3 is 14.8 Å². The monoisotopic (exact) mass is 355 g/mol. The van der Waals surface area contributed by atoms with Crippen LogP contribution in [-0.4, -0.2) is 20.3 Å². The van der Waals surface area contributed by atoms with Crippen LogP contribution in [0, 0.1) is 5.92 Å². The average Bonchev–Trinajstić information content (AvgIpc) is 2.70. The number of ether oxygens (including phenoxy) is 2. The predicted molar refractivity (Wildman–Crippen MR) is 90.1 cm³/mol. The number of halogens is 1. The molecule has 2 atom stereocenters. The summed E-state index contributed by atoms with van der Waals surface area (Å²) in [5.41, 5.74) is 1.21. The summed E-state index contributed by atoms with van der Waals surface area (Å²) in [6.45, 7) is 3.23. The number of hydrogen-bond acceptors (Lipinski definition) is 3. The Balaban J connectivity index is 1.99. The van der Waals surface area contributed by atoms with Crippen LogP contribution in [0.25, 0.3) is 0 Å². The van der Waals surface area contributed by atoms with E-state index in [4.69, 9.17) is 9.47 Å². The van der Waals surface area contributed by atoms with E-state index in [0.29, 0.717) is 6.04 Å². The minimum Gasteiger partial charge on any atom is -0.493 e. The van der Waals surface area contributed by atoms with Gasteiger partial charge in [-0.1, -0.05) is 35.7 Å². The Morgan fingerprint density at radius 1 is 1.10 bits per heavy atom. The first-order valence-electron chi connectivity index (χ1n) is 7.77. The Morgan fingerprint density at radius 3 is 2.52 bits per heavy atom. The first-order valence-corrected chi connectivity index (χ1v) is 8.57. The summed E-state index contributed by atoms with van der Waals surface area (Å²) in [5.74, 6) is 2.42. The molecule has 1 aliphatic rings. The SMILES string of the molecule is COc1cc(Br)c(CNC2CCCC(C)CC2)cc1OC. The van der Waals surface area contributed by atoms with Crippen molar-refractivity contribution in [2.45, 2.75) is 51.6 Å². The third-order valence-corrected chi connectivity index (χ3v) is 5.13. The van der Waals surface area contributed by atoms with Gasteiger partial charge in [0.05, 0.1) is 14.2 Å². The molecule has 0 aliphatic heterocycles. The fourth-order valence-corrected chi connectivity index (χ4v) is 3.44. The third-order valence-electron chi connectivity index (χ3n) is 4.39. The van der Waals surface area contributed by atoms with Gasteiger partial charge in [0.2, 0.25) is 0 Å². The number of rotatable bonds is 5. The quantitative estimate of drug-likeness (QED) is 0.787. The van der Waals surface area contributed by atoms with Gasteiger partial charge in [-0.2, -0.15) is 0 Å². The second kappa shape index (κ2) is 8.04. The Hall–Kier alpha value is -0.740. The van der Waals surface area contributed by atoms with E-state index in [0.717, 1.165) is 28.4 Å². The molecule has 0 saturated heterocycles. The summed E-state index contributed by atoms with van der Waals surface area (Å²) in [5, 5.41) is 3.70. The molecule has 2 rings (SSSR count). The molecular weight excluding hydrogens is 330 g/mol. The van der Waals surface area contributed by atoms with Crippen LogP contribution < -0.4 is 14.8 Å². The van der Waals surface area contributed by atoms with Crippen molar-refractivity contribution < 1.29 is 9.47 Å². The lowest BCUT2D eigenvalue weighted by Gasteiger charge is -2.18. The molecule has 1 aliphatic carbocycles. The molecule has 118 valence electrons. The lowest BCUT2D eigenvalue weighted by molar-refractivity contribution is 0.353. The Bertz CT molecular complexity index is 464. The lowest BCUT2D eigenvalue weighted by Crippen LogP contribution is -2.28. The number of benzene rings is 1. The second-order valence-corrected chi connectivity index (χ2v) is 6.84. The van der Waals surface area contributed by atoms with Gasteiger partial charge in [-0.05, 0) is 42.9 Å². The van der Waals surface area contributed by atoms with Gasteiger partial charge in [0, 0.05) is 17.1 Å². The van der Waals surface area contributed by atoms with Crippen molar-refractivity contribution in [3.05, 3.63) is 22.2 Å². The summed E-state index contributed by atoms with van der Waals surface area (Å²) in [7, 11) is 3.34. The number of methoxy groups -OCH3 is 2. The fraction of sp³-hybridized carbons (Fsp3) is 0.647. The van der Waals surface area contributed by atoms with Crippen LogP contribution in [0.15, 0.2) is 16.6 Å². The van der Waals surface area contributed by atoms with Crippen molar-refractivity contribution in [1.82, 2.24) is 5.32 Å². The van der Waals surface area contributed by atoms with Crippen molar-refractivity contribution in [2.75, 3.05) is 14.2 Å². The van der Waals surface area contributed by atoms with E-state index in [9.17, 15) is 0 Å². The molecule has 1 saturated carbocycles. The lowest BCUT2D eigenvalue weighted by atomic mass is 10.0. The van der Waals surface area contributed by atoms with Crippen molar-refractivity contribution in [3.8, 4) is 11.5 Å². The fourth-order valence-electron chi connectivity index (χ4n) is 2.98. The summed E-state index contributed by atoms with van der Waals surface area (Å²) < 4.78 is 11.8. The Labute approximate surface area is 136 Å². The summed E-state index contributed by atoms with van der Waals surface area (Å²) >= 11 is 3.63. The molecule has 0 aromatic heterocycles. The molecule has 0 amide bonds. The zero-order valence-electron chi connectivity index (χ0n) is 13.2. The second-order valence-electron chi connectivity index (χ2n) is 5.99. The van der Waals surface area contributed by atoms with Crippen molar-refractivity contribution in [3.63, 3.8) is 0 Å². The molecule has 3 nitrogen and oxygen atoms in total. The molecule has 1 aromatic rings. The molecule has 0 spiro atoms. The maximum atomic E-state index is 5.38. The average molecular weight is 356 g/mol. The zero-order valence-corrected chi connectivity index (χ0v) is 14.8. The van der Waals surface area contributed by atoms with Crippen molar-refractivity contribution >= 4 is 15.9 Å². The number of hydrogen-bond donors (Lipinski definition) is 1. The normalized spacial score (nSPS) is 22.7. The Kier molecular flexibility index (Phi) is 6.37. The van der Waals surface area contributed by atoms with Gasteiger partial charge >= 0.3 is 0 Å². The number of nitrogens with one attached hydrogen (secondary N) is 1. The van der Waals surface area contributed by atoms with Crippen molar-refractivity contribution in [1.29, 1.82) is 0 Å². The first-order chi connectivity index (χ1) is 10.1. The summed E-state index contributed by atoms with van der Waals surface area (Å²) in [4.78, 5) is 0. The maximum absolute atomic E-state index is 5.38. The van der Waals surface area contributed by atoms with E-state index in [1.807, 2.05) is 6.07 Å². The highest BCUT2D eigenvalue weighted by Gasteiger charge is 2.16. The topological polar surface area (TPSA) is 30.5 Å². The molecule has 0 heterocycles. The summed E-state index contributed by atoms with van der Waals surface area (Å²) in [6.07, 6.45) is 6.62. The van der Waals surface area contributed by atoms with Gasteiger partial charge in [-0.3, -0.25) is 0 Å². The van der Waals surface area contributed by atoms with Gasteiger partial charge in [-0.15, -0.1) is 0 Å². The zero-order chi connectivity index (χ0) is 15.2. The van der Waals surface area contributed by atoms with Crippen LogP contribution >= 0.6 is 15.9 Å². The van der Waals surface area contributed by atoms with Gasteiger partial charge in [0.1, 0.15) is 0 Å². The standard InChI is InChI=1S/C17H26BrNO2/c1-12-5-4-6-14(8-7-12)19-11-13-9-16(20-2)17(21-3)10-15(13)18/h9-10,12,14,19H,4-8,11H2,1-3H3. The van der Waals surface area contributed by atoms with E-state index in [2.05, 4.69) is 34.2 Å². The van der Waals surface area contributed by atoms with E-state index in [1.54, 1.807) is 14.2 Å². The van der Waals surface area contributed by atoms with Crippen LogP contribution in [0.2, 0.25) is 0 Å². The molecule has 4 heteroatoms. The molecule has 1 N–H and O–H groups in total. The van der Waals surface area contributed by atoms with Gasteiger partial charge in [0.15, 0.2) is 11.5 Å². The smallest absolute Gasteiger partial charge is 0.161 e. The Morgan fingerprint density at radius 2 is 1.81 bits per heavy atom. The highest BCUT2D eigenvalue weighted by Crippen LogP contribution is 2.33. The largest absolute Gasteiger partial charge is 0.493 e. The maximum Gasteiger partial charge on any atom is 0.161 e. The molecule has 1 fully saturated rings. The molecule has 21 heavy (non-hydrogen) atoms. The first kappa shape index (κ1) is 16.6. The van der Waals surface area contributed by atoms with Crippen LogP contribution in [0.3, 0.4) is 0 Å². The molecule has 1 aromatic carbocycles. The van der Waals surface area contributed by atoms with Crippen LogP contribution in [0.5, 0.6) is 11.5 Å². The van der Waals surface area contributed by atoms with Crippen molar-refractivity contribution in [2.24, 2.45) is 5.92 Å². The minimum atomic E-state index is 0.634. The van der Waals surface area contributed by atoms with E-state index >= 15 is 0 Å².